The molecule has 18 heavy (non-hydrogen) atoms. The second kappa shape index (κ2) is 5.50. The van der Waals surface area contributed by atoms with Crippen molar-refractivity contribution in [2.75, 3.05) is 13.1 Å². The van der Waals surface area contributed by atoms with Crippen LogP contribution in [0.3, 0.4) is 0 Å². The smallest absolute Gasteiger partial charge is 0.0931 e. The van der Waals surface area contributed by atoms with Crippen molar-refractivity contribution in [1.82, 2.24) is 15.3 Å². The number of nitrogens with one attached hydrogen (secondary N) is 2. The van der Waals surface area contributed by atoms with Gasteiger partial charge in [0.1, 0.15) is 0 Å². The molecule has 4 nitrogen and oxygen atoms in total. The molecule has 0 aliphatic heterocycles. The summed E-state index contributed by atoms with van der Waals surface area (Å²) >= 11 is 0. The van der Waals surface area contributed by atoms with Crippen molar-refractivity contribution >= 4 is 11.0 Å². The number of imidazole rings is 1. The lowest BCUT2D eigenvalue weighted by molar-refractivity contribution is 0.456. The second-order valence-corrected chi connectivity index (χ2v) is 5.49. The van der Waals surface area contributed by atoms with Crippen LogP contribution in [0, 0.1) is 0 Å². The minimum Gasteiger partial charge on any atom is -0.345 e. The first-order valence-electron chi connectivity index (χ1n) is 6.46. The molecule has 98 valence electrons. The summed E-state index contributed by atoms with van der Waals surface area (Å²) in [5.74, 6) is 0. The second-order valence-electron chi connectivity index (χ2n) is 5.49. The molecule has 0 atom stereocenters. The van der Waals surface area contributed by atoms with Crippen molar-refractivity contribution < 1.29 is 0 Å². The van der Waals surface area contributed by atoms with Crippen molar-refractivity contribution in [3.8, 4) is 0 Å². The van der Waals surface area contributed by atoms with Gasteiger partial charge in [0.25, 0.3) is 0 Å². The highest BCUT2D eigenvalue weighted by atomic mass is 14.9. The number of fused-ring (bicyclic) bond motifs is 1. The van der Waals surface area contributed by atoms with E-state index in [1.807, 2.05) is 0 Å². The number of nitrogens with two attached hydrogens (primary N) is 1. The van der Waals surface area contributed by atoms with E-state index in [9.17, 15) is 0 Å². The molecule has 1 heterocycles. The lowest BCUT2D eigenvalue weighted by Crippen LogP contribution is -2.36. The highest BCUT2D eigenvalue weighted by Crippen LogP contribution is 2.11. The van der Waals surface area contributed by atoms with Crippen molar-refractivity contribution in [1.29, 1.82) is 0 Å². The normalized spacial score (nSPS) is 12.2. The Bertz CT molecular complexity index is 496. The number of hydrogen-bond acceptors (Lipinski definition) is 3. The summed E-state index contributed by atoms with van der Waals surface area (Å²) in [6, 6.07) is 6.36. The molecule has 0 saturated carbocycles. The molecule has 0 aliphatic carbocycles. The number of benzene rings is 1. The molecule has 0 saturated heterocycles. The predicted molar refractivity (Wildman–Crippen MR) is 75.6 cm³/mol. The van der Waals surface area contributed by atoms with Crippen LogP contribution in [0.15, 0.2) is 24.5 Å². The van der Waals surface area contributed by atoms with Gasteiger partial charge in [-0.1, -0.05) is 6.07 Å². The van der Waals surface area contributed by atoms with Crippen molar-refractivity contribution in [3.63, 3.8) is 0 Å². The first-order chi connectivity index (χ1) is 8.54. The zero-order valence-corrected chi connectivity index (χ0v) is 11.2. The Labute approximate surface area is 108 Å². The van der Waals surface area contributed by atoms with E-state index in [0.717, 1.165) is 37.0 Å². The van der Waals surface area contributed by atoms with Crippen LogP contribution in [-0.4, -0.2) is 28.6 Å². The van der Waals surface area contributed by atoms with Crippen molar-refractivity contribution in [2.45, 2.75) is 32.2 Å². The van der Waals surface area contributed by atoms with Crippen LogP contribution in [0.5, 0.6) is 0 Å². The molecule has 4 heteroatoms. The molecular formula is C14H22N4. The minimum absolute atomic E-state index is 0.0815. The number of aromatic nitrogens is 2. The molecular weight excluding hydrogens is 224 g/mol. The van der Waals surface area contributed by atoms with Gasteiger partial charge in [0, 0.05) is 5.54 Å². The predicted octanol–water partition coefficient (Wildman–Crippen LogP) is 1.82. The van der Waals surface area contributed by atoms with Gasteiger partial charge >= 0.3 is 0 Å². The molecule has 0 amide bonds. The van der Waals surface area contributed by atoms with Crippen LogP contribution in [0.2, 0.25) is 0 Å². The van der Waals surface area contributed by atoms with Crippen LogP contribution in [0.4, 0.5) is 0 Å². The van der Waals surface area contributed by atoms with Gasteiger partial charge in [0.2, 0.25) is 0 Å². The third-order valence-corrected chi connectivity index (χ3v) is 3.02. The van der Waals surface area contributed by atoms with Gasteiger partial charge in [0.15, 0.2) is 0 Å². The van der Waals surface area contributed by atoms with E-state index in [0.29, 0.717) is 0 Å². The van der Waals surface area contributed by atoms with Gasteiger partial charge in [-0.15, -0.1) is 0 Å². The van der Waals surface area contributed by atoms with E-state index in [4.69, 9.17) is 5.73 Å². The van der Waals surface area contributed by atoms with E-state index < -0.39 is 0 Å². The first kappa shape index (κ1) is 13.1. The third kappa shape index (κ3) is 3.82. The van der Waals surface area contributed by atoms with Gasteiger partial charge in [-0.3, -0.25) is 0 Å². The number of H-pyrrole nitrogens is 1. The van der Waals surface area contributed by atoms with E-state index in [1.54, 1.807) is 6.33 Å². The number of aromatic amines is 1. The maximum atomic E-state index is 5.93. The molecule has 0 spiro atoms. The Morgan fingerprint density at radius 3 is 2.94 bits per heavy atom. The zero-order valence-electron chi connectivity index (χ0n) is 11.2. The Balaban J connectivity index is 1.76. The summed E-state index contributed by atoms with van der Waals surface area (Å²) < 4.78 is 0. The number of nitrogens with zero attached hydrogens (tertiary/aromatic N) is 1. The number of rotatable bonds is 6. The Morgan fingerprint density at radius 1 is 1.33 bits per heavy atom. The van der Waals surface area contributed by atoms with Crippen LogP contribution in [0.25, 0.3) is 11.0 Å². The lowest BCUT2D eigenvalue weighted by atomic mass is 10.0. The summed E-state index contributed by atoms with van der Waals surface area (Å²) in [6.45, 7) is 6.06. The van der Waals surface area contributed by atoms with Crippen LogP contribution >= 0.6 is 0 Å². The van der Waals surface area contributed by atoms with Crippen LogP contribution < -0.4 is 11.1 Å². The molecule has 1 aromatic heterocycles. The maximum Gasteiger partial charge on any atom is 0.0931 e. The molecule has 2 aromatic rings. The van der Waals surface area contributed by atoms with E-state index in [2.05, 4.69) is 47.3 Å². The van der Waals surface area contributed by atoms with E-state index in [1.165, 1.54) is 5.56 Å². The monoisotopic (exact) mass is 246 g/mol. The molecule has 0 fully saturated rings. The van der Waals surface area contributed by atoms with Gasteiger partial charge in [-0.25, -0.2) is 4.98 Å². The van der Waals surface area contributed by atoms with Crippen molar-refractivity contribution in [2.24, 2.45) is 5.73 Å². The van der Waals surface area contributed by atoms with Gasteiger partial charge in [0.05, 0.1) is 17.4 Å². The standard InChI is InChI=1S/C14H22N4/c1-14(2,15)6-8-16-7-5-11-3-4-12-13(9-11)18-10-17-12/h3-4,9-10,16H,5-8,15H2,1-2H3,(H,17,18). The molecule has 0 aliphatic rings. The van der Waals surface area contributed by atoms with Gasteiger partial charge in [-0.2, -0.15) is 0 Å². The molecule has 4 N–H and O–H groups in total. The van der Waals surface area contributed by atoms with Gasteiger partial charge in [-0.05, 0) is 57.5 Å². The minimum atomic E-state index is -0.0815. The summed E-state index contributed by atoms with van der Waals surface area (Å²) in [4.78, 5) is 7.34. The fraction of sp³-hybridized carbons (Fsp3) is 0.500. The summed E-state index contributed by atoms with van der Waals surface area (Å²) in [6.07, 6.45) is 3.75. The summed E-state index contributed by atoms with van der Waals surface area (Å²) in [5.41, 5.74) is 9.30. The summed E-state index contributed by atoms with van der Waals surface area (Å²) in [5, 5.41) is 3.43. The van der Waals surface area contributed by atoms with E-state index >= 15 is 0 Å². The van der Waals surface area contributed by atoms with Crippen molar-refractivity contribution in [3.05, 3.63) is 30.1 Å². The molecule has 0 bridgehead atoms. The molecule has 0 unspecified atom stereocenters. The Morgan fingerprint density at radius 2 is 2.17 bits per heavy atom. The topological polar surface area (TPSA) is 66.7 Å². The first-order valence-corrected chi connectivity index (χ1v) is 6.46. The maximum absolute atomic E-state index is 5.93. The number of hydrogen-bond donors (Lipinski definition) is 3. The average Bonchev–Trinajstić information content (AvgIpc) is 2.74. The fourth-order valence-corrected chi connectivity index (χ4v) is 1.91. The Hall–Kier alpha value is -1.39. The van der Waals surface area contributed by atoms with E-state index in [-0.39, 0.29) is 5.54 Å². The summed E-state index contributed by atoms with van der Waals surface area (Å²) in [7, 11) is 0. The molecule has 2 rings (SSSR count). The lowest BCUT2D eigenvalue weighted by Gasteiger charge is -2.18. The van der Waals surface area contributed by atoms with Crippen LogP contribution in [0.1, 0.15) is 25.8 Å². The quantitative estimate of drug-likeness (QED) is 0.681. The highest BCUT2D eigenvalue weighted by molar-refractivity contribution is 5.74. The molecule has 0 radical (unpaired) electrons. The van der Waals surface area contributed by atoms with Crippen LogP contribution in [-0.2, 0) is 6.42 Å². The third-order valence-electron chi connectivity index (χ3n) is 3.02. The SMILES string of the molecule is CC(C)(N)CCNCCc1ccc2nc[nH]c2c1. The Kier molecular flexibility index (Phi) is 3.99. The fourth-order valence-electron chi connectivity index (χ4n) is 1.91. The molecule has 1 aromatic carbocycles. The highest BCUT2D eigenvalue weighted by Gasteiger charge is 2.08. The zero-order chi connectivity index (χ0) is 13.0. The average molecular weight is 246 g/mol. The largest absolute Gasteiger partial charge is 0.345 e. The van der Waals surface area contributed by atoms with Gasteiger partial charge < -0.3 is 16.0 Å².